The lowest BCUT2D eigenvalue weighted by molar-refractivity contribution is -0.556. The Bertz CT molecular complexity index is 283. The molecule has 0 N–H and O–H groups in total. The van der Waals surface area contributed by atoms with E-state index in [1.807, 2.05) is 41.5 Å². The van der Waals surface area contributed by atoms with Gasteiger partial charge in [-0.05, 0) is 53.9 Å². The smallest absolute Gasteiger partial charge is 0.228 e. The van der Waals surface area contributed by atoms with Gasteiger partial charge in [0.1, 0.15) is 0 Å². The molecule has 1 aliphatic rings. The summed E-state index contributed by atoms with van der Waals surface area (Å²) in [5.41, 5.74) is -0.753. The lowest BCUT2D eigenvalue weighted by atomic mass is 9.79. The van der Waals surface area contributed by atoms with E-state index in [1.54, 1.807) is 0 Å². The molecule has 1 aliphatic carbocycles. The molecule has 2 unspecified atom stereocenters. The van der Waals surface area contributed by atoms with Crippen LogP contribution < -0.4 is 0 Å². The molecule has 4 heteroatoms. The van der Waals surface area contributed by atoms with Gasteiger partial charge >= 0.3 is 0 Å². The van der Waals surface area contributed by atoms with Gasteiger partial charge in [0.05, 0.1) is 11.2 Å². The summed E-state index contributed by atoms with van der Waals surface area (Å²) < 4.78 is 0. The Balaban J connectivity index is 2.81. The summed E-state index contributed by atoms with van der Waals surface area (Å²) in [7, 11) is 0. The van der Waals surface area contributed by atoms with E-state index < -0.39 is 5.79 Å². The summed E-state index contributed by atoms with van der Waals surface area (Å²) in [6.45, 7) is 16.1. The third-order valence-corrected chi connectivity index (χ3v) is 3.34. The Hall–Kier alpha value is -0.160. The second kappa shape index (κ2) is 6.30. The normalized spacial score (nSPS) is 27.6. The van der Waals surface area contributed by atoms with Gasteiger partial charge in [0.2, 0.25) is 5.79 Å². The highest BCUT2D eigenvalue weighted by Crippen LogP contribution is 2.42. The minimum absolute atomic E-state index is 0.225. The molecule has 20 heavy (non-hydrogen) atoms. The van der Waals surface area contributed by atoms with Crippen molar-refractivity contribution in [1.29, 1.82) is 0 Å². The van der Waals surface area contributed by atoms with Crippen molar-refractivity contribution in [2.75, 3.05) is 0 Å². The summed E-state index contributed by atoms with van der Waals surface area (Å²) in [5, 5.41) is 0. The summed E-state index contributed by atoms with van der Waals surface area (Å²) in [5.74, 6) is -0.0696. The second-order valence-corrected chi connectivity index (χ2v) is 8.16. The quantitative estimate of drug-likeness (QED) is 0.429. The molecule has 0 aromatic carbocycles. The highest BCUT2D eigenvalue weighted by Gasteiger charge is 2.47. The van der Waals surface area contributed by atoms with E-state index >= 15 is 0 Å². The topological polar surface area (TPSA) is 36.9 Å². The Morgan fingerprint density at radius 3 is 1.65 bits per heavy atom. The van der Waals surface area contributed by atoms with E-state index in [0.29, 0.717) is 5.92 Å². The maximum atomic E-state index is 5.77. The first-order chi connectivity index (χ1) is 8.94. The van der Waals surface area contributed by atoms with Crippen LogP contribution in [0.1, 0.15) is 74.7 Å². The maximum absolute atomic E-state index is 5.77. The molecule has 1 saturated carbocycles. The number of hydrogen-bond donors (Lipinski definition) is 0. The highest BCUT2D eigenvalue weighted by molar-refractivity contribution is 4.83. The first kappa shape index (κ1) is 17.9. The fourth-order valence-electron chi connectivity index (χ4n) is 2.18. The van der Waals surface area contributed by atoms with E-state index in [9.17, 15) is 0 Å². The standard InChI is InChI=1S/C16H32O4/c1-12-9-10-13(2)16(11-12,19-17-14(3,4)5)20-18-15(6,7)8/h12-13H,9-11H2,1-8H3. The lowest BCUT2D eigenvalue weighted by Crippen LogP contribution is -2.49. The van der Waals surface area contributed by atoms with Crippen LogP contribution in [-0.4, -0.2) is 17.0 Å². The molecular weight excluding hydrogens is 256 g/mol. The molecule has 0 spiro atoms. The van der Waals surface area contributed by atoms with Crippen molar-refractivity contribution in [2.45, 2.75) is 91.6 Å². The molecule has 0 aliphatic heterocycles. The molecule has 0 bridgehead atoms. The van der Waals surface area contributed by atoms with Gasteiger partial charge < -0.3 is 0 Å². The van der Waals surface area contributed by atoms with Gasteiger partial charge in [0.15, 0.2) is 0 Å². The van der Waals surface area contributed by atoms with Crippen LogP contribution >= 0.6 is 0 Å². The van der Waals surface area contributed by atoms with Crippen LogP contribution in [0.4, 0.5) is 0 Å². The minimum Gasteiger partial charge on any atom is -0.228 e. The van der Waals surface area contributed by atoms with E-state index in [0.717, 1.165) is 12.8 Å². The van der Waals surface area contributed by atoms with Crippen LogP contribution in [0, 0.1) is 11.8 Å². The zero-order valence-electron chi connectivity index (χ0n) is 14.4. The monoisotopic (exact) mass is 288 g/mol. The Labute approximate surface area is 124 Å². The molecule has 4 nitrogen and oxygen atoms in total. The first-order valence-electron chi connectivity index (χ1n) is 7.67. The fourth-order valence-corrected chi connectivity index (χ4v) is 2.18. The summed E-state index contributed by atoms with van der Waals surface area (Å²) >= 11 is 0. The van der Waals surface area contributed by atoms with Crippen molar-refractivity contribution in [3.63, 3.8) is 0 Å². The zero-order valence-corrected chi connectivity index (χ0v) is 14.4. The molecule has 2 atom stereocenters. The predicted octanol–water partition coefficient (Wildman–Crippen LogP) is 4.63. The fraction of sp³-hybridized carbons (Fsp3) is 1.00. The summed E-state index contributed by atoms with van der Waals surface area (Å²) in [6.07, 6.45) is 3.00. The molecule has 1 fully saturated rings. The molecule has 0 radical (unpaired) electrons. The second-order valence-electron chi connectivity index (χ2n) is 8.16. The Morgan fingerprint density at radius 2 is 1.25 bits per heavy atom. The maximum Gasteiger partial charge on any atom is 0.236 e. The van der Waals surface area contributed by atoms with Crippen molar-refractivity contribution < 1.29 is 19.6 Å². The van der Waals surface area contributed by atoms with Crippen molar-refractivity contribution in [1.82, 2.24) is 0 Å². The van der Waals surface area contributed by atoms with Gasteiger partial charge in [0.25, 0.3) is 0 Å². The predicted molar refractivity (Wildman–Crippen MR) is 78.8 cm³/mol. The zero-order chi connectivity index (χ0) is 15.6. The van der Waals surface area contributed by atoms with Crippen LogP contribution in [0.15, 0.2) is 0 Å². The van der Waals surface area contributed by atoms with E-state index in [1.165, 1.54) is 6.42 Å². The van der Waals surface area contributed by atoms with Gasteiger partial charge in [-0.25, -0.2) is 9.78 Å². The molecule has 0 amide bonds. The van der Waals surface area contributed by atoms with Crippen molar-refractivity contribution >= 4 is 0 Å². The highest BCUT2D eigenvalue weighted by atomic mass is 17.3. The molecule has 0 heterocycles. The van der Waals surface area contributed by atoms with Crippen LogP contribution in [-0.2, 0) is 19.6 Å². The molecule has 0 saturated heterocycles. The summed E-state index contributed by atoms with van der Waals surface area (Å²) in [4.78, 5) is 22.6. The van der Waals surface area contributed by atoms with Gasteiger partial charge in [-0.2, -0.15) is 9.78 Å². The minimum atomic E-state index is -0.821. The average molecular weight is 288 g/mol. The lowest BCUT2D eigenvalue weighted by Gasteiger charge is -2.43. The van der Waals surface area contributed by atoms with Crippen molar-refractivity contribution in [3.8, 4) is 0 Å². The first-order valence-corrected chi connectivity index (χ1v) is 7.67. The van der Waals surface area contributed by atoms with Gasteiger partial charge in [0, 0.05) is 12.3 Å². The molecular formula is C16H32O4. The third kappa shape index (κ3) is 5.68. The van der Waals surface area contributed by atoms with Crippen LogP contribution in [0.2, 0.25) is 0 Å². The third-order valence-electron chi connectivity index (χ3n) is 3.34. The molecule has 120 valence electrons. The van der Waals surface area contributed by atoms with Gasteiger partial charge in [-0.1, -0.05) is 20.3 Å². The van der Waals surface area contributed by atoms with Crippen molar-refractivity contribution in [2.24, 2.45) is 11.8 Å². The SMILES string of the molecule is CC1CCC(C)C(OOC(C)(C)C)(OOC(C)(C)C)C1. The molecule has 1 rings (SSSR count). The van der Waals surface area contributed by atoms with Crippen LogP contribution in [0.25, 0.3) is 0 Å². The van der Waals surface area contributed by atoms with E-state index in [-0.39, 0.29) is 17.1 Å². The van der Waals surface area contributed by atoms with Gasteiger partial charge in [-0.3, -0.25) is 0 Å². The number of hydrogen-bond acceptors (Lipinski definition) is 4. The molecule has 0 aromatic heterocycles. The summed E-state index contributed by atoms with van der Waals surface area (Å²) in [6, 6.07) is 0. The van der Waals surface area contributed by atoms with Crippen LogP contribution in [0.5, 0.6) is 0 Å². The van der Waals surface area contributed by atoms with Crippen molar-refractivity contribution in [3.05, 3.63) is 0 Å². The Morgan fingerprint density at radius 1 is 0.800 bits per heavy atom. The largest absolute Gasteiger partial charge is 0.236 e. The van der Waals surface area contributed by atoms with E-state index in [2.05, 4.69) is 13.8 Å². The molecule has 0 aromatic rings. The van der Waals surface area contributed by atoms with E-state index in [4.69, 9.17) is 19.6 Å². The Kier molecular flexibility index (Phi) is 5.64. The van der Waals surface area contributed by atoms with Crippen LogP contribution in [0.3, 0.4) is 0 Å². The average Bonchev–Trinajstić information content (AvgIpc) is 2.27. The number of rotatable bonds is 4. The van der Waals surface area contributed by atoms with Gasteiger partial charge in [-0.15, -0.1) is 0 Å².